The van der Waals surface area contributed by atoms with Crippen molar-refractivity contribution in [3.63, 3.8) is 0 Å². The zero-order chi connectivity index (χ0) is 12.7. The molecule has 2 saturated heterocycles. The Hall–Kier alpha value is -0.120. The van der Waals surface area contributed by atoms with Crippen molar-refractivity contribution < 1.29 is 0 Å². The Morgan fingerprint density at radius 1 is 0.737 bits per heavy atom. The van der Waals surface area contributed by atoms with Gasteiger partial charge in [0.15, 0.2) is 0 Å². The van der Waals surface area contributed by atoms with Crippen molar-refractivity contribution in [2.45, 2.75) is 63.1 Å². The number of likely N-dealkylation sites (tertiary alicyclic amines) is 2. The third-order valence-corrected chi connectivity index (χ3v) is 5.70. The second kappa shape index (κ2) is 5.34. The molecule has 19 heavy (non-hydrogen) atoms. The molecule has 0 aromatic heterocycles. The minimum atomic E-state index is 0.817. The first-order valence-corrected chi connectivity index (χ1v) is 8.60. The Labute approximate surface area is 117 Å². The van der Waals surface area contributed by atoms with E-state index in [-0.39, 0.29) is 0 Å². The fraction of sp³-hybridized carbons (Fsp3) is 1.00. The predicted molar refractivity (Wildman–Crippen MR) is 78.3 cm³/mol. The van der Waals surface area contributed by atoms with Crippen LogP contribution in [0.1, 0.15) is 44.9 Å². The monoisotopic (exact) mass is 263 g/mol. The highest BCUT2D eigenvalue weighted by atomic mass is 15.3. The van der Waals surface area contributed by atoms with E-state index in [2.05, 4.69) is 15.1 Å². The highest BCUT2D eigenvalue weighted by molar-refractivity contribution is 4.94. The summed E-state index contributed by atoms with van der Waals surface area (Å²) in [5.74, 6) is 1.03. The number of piperidine rings is 1. The number of rotatable bonds is 5. The van der Waals surface area contributed by atoms with Gasteiger partial charge in [0.05, 0.1) is 0 Å². The van der Waals surface area contributed by atoms with Gasteiger partial charge in [-0.15, -0.1) is 0 Å². The van der Waals surface area contributed by atoms with Gasteiger partial charge >= 0.3 is 0 Å². The molecule has 108 valence electrons. The van der Waals surface area contributed by atoms with E-state index in [1.54, 1.807) is 0 Å². The van der Waals surface area contributed by atoms with E-state index >= 15 is 0 Å². The number of hydrogen-bond acceptors (Lipinski definition) is 3. The van der Waals surface area contributed by atoms with Crippen molar-refractivity contribution in [3.05, 3.63) is 0 Å². The lowest BCUT2D eigenvalue weighted by molar-refractivity contribution is 0.142. The van der Waals surface area contributed by atoms with Crippen molar-refractivity contribution in [3.8, 4) is 0 Å². The lowest BCUT2D eigenvalue weighted by Crippen LogP contribution is -2.47. The molecule has 0 bridgehead atoms. The van der Waals surface area contributed by atoms with Gasteiger partial charge in [0.25, 0.3) is 0 Å². The van der Waals surface area contributed by atoms with Crippen LogP contribution in [-0.2, 0) is 0 Å². The van der Waals surface area contributed by atoms with Crippen molar-refractivity contribution in [1.82, 2.24) is 15.1 Å². The number of nitrogens with one attached hydrogen (secondary N) is 1. The second-order valence-corrected chi connectivity index (χ2v) is 7.33. The number of hydrogen-bond donors (Lipinski definition) is 1. The van der Waals surface area contributed by atoms with Crippen LogP contribution in [0.25, 0.3) is 0 Å². The van der Waals surface area contributed by atoms with E-state index in [1.165, 1.54) is 77.7 Å². The van der Waals surface area contributed by atoms with Crippen LogP contribution >= 0.6 is 0 Å². The standard InChI is InChI=1S/C16H29N3/c1-2-13(1)11-17-14-5-8-18(9-6-14)16-7-10-19(12-16)15-3-4-15/h13-17H,1-12H2. The van der Waals surface area contributed by atoms with E-state index in [0.29, 0.717) is 0 Å². The minimum absolute atomic E-state index is 0.817. The molecule has 0 aromatic rings. The maximum atomic E-state index is 3.79. The first-order valence-electron chi connectivity index (χ1n) is 8.60. The van der Waals surface area contributed by atoms with Crippen molar-refractivity contribution in [1.29, 1.82) is 0 Å². The average molecular weight is 263 g/mol. The normalized spacial score (nSPS) is 35.1. The van der Waals surface area contributed by atoms with Crippen LogP contribution in [0.15, 0.2) is 0 Å². The average Bonchev–Trinajstić information content (AvgIpc) is 3.37. The summed E-state index contributed by atoms with van der Waals surface area (Å²) >= 11 is 0. The van der Waals surface area contributed by atoms with Crippen LogP contribution < -0.4 is 5.32 Å². The van der Waals surface area contributed by atoms with Crippen molar-refractivity contribution in [2.75, 3.05) is 32.7 Å². The molecule has 4 fully saturated rings. The van der Waals surface area contributed by atoms with Crippen LogP contribution in [0, 0.1) is 5.92 Å². The van der Waals surface area contributed by atoms with Gasteiger partial charge in [-0.2, -0.15) is 0 Å². The topological polar surface area (TPSA) is 18.5 Å². The lowest BCUT2D eigenvalue weighted by atomic mass is 10.0. The summed E-state index contributed by atoms with van der Waals surface area (Å²) < 4.78 is 0. The van der Waals surface area contributed by atoms with Crippen LogP contribution in [0.3, 0.4) is 0 Å². The van der Waals surface area contributed by atoms with Crippen LogP contribution in [-0.4, -0.2) is 60.6 Å². The van der Waals surface area contributed by atoms with Gasteiger partial charge in [0.2, 0.25) is 0 Å². The molecule has 3 nitrogen and oxygen atoms in total. The fourth-order valence-corrected chi connectivity index (χ4v) is 3.96. The third-order valence-electron chi connectivity index (χ3n) is 5.70. The molecule has 4 aliphatic rings. The summed E-state index contributed by atoms with van der Waals surface area (Å²) in [6.45, 7) is 6.71. The molecule has 2 heterocycles. The molecule has 0 amide bonds. The Morgan fingerprint density at radius 2 is 1.47 bits per heavy atom. The van der Waals surface area contributed by atoms with Crippen LogP contribution in [0.4, 0.5) is 0 Å². The van der Waals surface area contributed by atoms with E-state index in [9.17, 15) is 0 Å². The maximum absolute atomic E-state index is 3.79. The largest absolute Gasteiger partial charge is 0.314 e. The maximum Gasteiger partial charge on any atom is 0.0235 e. The van der Waals surface area contributed by atoms with Crippen molar-refractivity contribution >= 4 is 0 Å². The Bertz CT molecular complexity index is 303. The summed E-state index contributed by atoms with van der Waals surface area (Å²) in [5.41, 5.74) is 0. The van der Waals surface area contributed by atoms with Gasteiger partial charge < -0.3 is 5.32 Å². The van der Waals surface area contributed by atoms with E-state index in [4.69, 9.17) is 0 Å². The van der Waals surface area contributed by atoms with Gasteiger partial charge in [-0.05, 0) is 70.5 Å². The zero-order valence-corrected chi connectivity index (χ0v) is 12.2. The first-order chi connectivity index (χ1) is 9.38. The summed E-state index contributed by atoms with van der Waals surface area (Å²) in [7, 11) is 0. The molecule has 2 saturated carbocycles. The SMILES string of the molecule is C1CC1CNC1CCN(C2CCN(C3CC3)C2)CC1. The summed E-state index contributed by atoms with van der Waals surface area (Å²) in [5, 5.41) is 3.79. The lowest BCUT2D eigenvalue weighted by Gasteiger charge is -2.36. The Kier molecular flexibility index (Phi) is 3.55. The Morgan fingerprint density at radius 3 is 2.16 bits per heavy atom. The molecule has 0 spiro atoms. The molecule has 1 unspecified atom stereocenters. The third kappa shape index (κ3) is 3.14. The molecule has 0 aromatic carbocycles. The molecular formula is C16H29N3. The highest BCUT2D eigenvalue weighted by Crippen LogP contribution is 2.32. The number of nitrogens with zero attached hydrogens (tertiary/aromatic N) is 2. The van der Waals surface area contributed by atoms with Crippen LogP contribution in [0.5, 0.6) is 0 Å². The predicted octanol–water partition coefficient (Wildman–Crippen LogP) is 1.69. The molecule has 2 aliphatic heterocycles. The summed E-state index contributed by atoms with van der Waals surface area (Å²) in [6.07, 6.45) is 10.1. The quantitative estimate of drug-likeness (QED) is 0.814. The fourth-order valence-electron chi connectivity index (χ4n) is 3.96. The second-order valence-electron chi connectivity index (χ2n) is 7.33. The minimum Gasteiger partial charge on any atom is -0.314 e. The van der Waals surface area contributed by atoms with Gasteiger partial charge in [-0.1, -0.05) is 0 Å². The smallest absolute Gasteiger partial charge is 0.0235 e. The first kappa shape index (κ1) is 12.6. The van der Waals surface area contributed by atoms with Gasteiger partial charge in [0.1, 0.15) is 0 Å². The zero-order valence-electron chi connectivity index (χ0n) is 12.2. The molecule has 1 atom stereocenters. The van der Waals surface area contributed by atoms with Gasteiger partial charge in [-0.25, -0.2) is 0 Å². The summed E-state index contributed by atoms with van der Waals surface area (Å²) in [6, 6.07) is 2.67. The van der Waals surface area contributed by atoms with E-state index < -0.39 is 0 Å². The molecule has 4 rings (SSSR count). The molecule has 1 N–H and O–H groups in total. The highest BCUT2D eigenvalue weighted by Gasteiger charge is 2.37. The van der Waals surface area contributed by atoms with Crippen molar-refractivity contribution in [2.24, 2.45) is 5.92 Å². The molecular weight excluding hydrogens is 234 g/mol. The summed E-state index contributed by atoms with van der Waals surface area (Å²) in [4.78, 5) is 5.54. The Balaban J connectivity index is 1.19. The molecule has 2 aliphatic carbocycles. The van der Waals surface area contributed by atoms with Crippen LogP contribution in [0.2, 0.25) is 0 Å². The van der Waals surface area contributed by atoms with E-state index in [0.717, 1.165) is 24.0 Å². The van der Waals surface area contributed by atoms with Gasteiger partial charge in [-0.3, -0.25) is 9.80 Å². The molecule has 0 radical (unpaired) electrons. The van der Waals surface area contributed by atoms with Gasteiger partial charge in [0, 0.05) is 31.2 Å². The molecule has 3 heteroatoms. The van der Waals surface area contributed by atoms with E-state index in [1.807, 2.05) is 0 Å².